The topological polar surface area (TPSA) is 58.6 Å². The summed E-state index contributed by atoms with van der Waals surface area (Å²) in [7, 11) is 0. The van der Waals surface area contributed by atoms with Crippen molar-refractivity contribution in [2.75, 3.05) is 26.2 Å². The van der Waals surface area contributed by atoms with Crippen LogP contribution in [0.2, 0.25) is 0 Å². The lowest BCUT2D eigenvalue weighted by Gasteiger charge is -2.34. The first-order chi connectivity index (χ1) is 8.16. The van der Waals surface area contributed by atoms with Crippen LogP contribution in [0.15, 0.2) is 0 Å². The molecule has 0 bridgehead atoms. The summed E-state index contributed by atoms with van der Waals surface area (Å²) in [6.07, 6.45) is 6.20. The second-order valence-corrected chi connectivity index (χ2v) is 6.02. The maximum Gasteiger partial charge on any atom is 0.320 e. The highest BCUT2D eigenvalue weighted by molar-refractivity contribution is 5.74. The number of carbonyl (C=O) groups excluding carboxylic acids is 1. The highest BCUT2D eigenvalue weighted by atomic mass is 16.2. The minimum atomic E-state index is 0. The van der Waals surface area contributed by atoms with E-state index in [9.17, 15) is 4.79 Å². The molecule has 4 heteroatoms. The van der Waals surface area contributed by atoms with E-state index in [2.05, 4.69) is 23.6 Å². The van der Waals surface area contributed by atoms with Crippen LogP contribution in [-0.2, 0) is 0 Å². The summed E-state index contributed by atoms with van der Waals surface area (Å²) in [5.74, 6) is 1.32. The van der Waals surface area contributed by atoms with Gasteiger partial charge in [-0.2, -0.15) is 0 Å². The van der Waals surface area contributed by atoms with Crippen LogP contribution in [0.1, 0.15) is 47.4 Å². The van der Waals surface area contributed by atoms with Gasteiger partial charge in [0.1, 0.15) is 0 Å². The molecular weight excluding hydrogens is 226 g/mol. The molecule has 4 nitrogen and oxygen atoms in total. The van der Waals surface area contributed by atoms with Crippen LogP contribution in [0.4, 0.5) is 4.79 Å². The quantitative estimate of drug-likeness (QED) is 0.723. The zero-order chi connectivity index (χ0) is 12.3. The molecule has 2 fully saturated rings. The van der Waals surface area contributed by atoms with Crippen LogP contribution in [0.25, 0.3) is 0 Å². The lowest BCUT2D eigenvalue weighted by Crippen LogP contribution is -2.47. The molecular formula is C14H31N3O. The van der Waals surface area contributed by atoms with Gasteiger partial charge < -0.3 is 16.0 Å². The standard InChI is InChI=1S/C14H26N2O.H3N.H2/c1-12-6-7-13(2)11-16(10-12)14(17)15-8-4-3-5-9-15;;/h12-13H,3-11H2,1-2H3;1H3;1H. The molecule has 0 aromatic heterocycles. The van der Waals surface area contributed by atoms with Crippen LogP contribution in [-0.4, -0.2) is 42.0 Å². The van der Waals surface area contributed by atoms with Crippen molar-refractivity contribution in [1.82, 2.24) is 16.0 Å². The summed E-state index contributed by atoms with van der Waals surface area (Å²) >= 11 is 0. The molecule has 2 saturated heterocycles. The fourth-order valence-corrected chi connectivity index (χ4v) is 3.02. The van der Waals surface area contributed by atoms with Gasteiger partial charge in [0.2, 0.25) is 0 Å². The molecule has 0 aromatic rings. The lowest BCUT2D eigenvalue weighted by molar-refractivity contribution is 0.136. The van der Waals surface area contributed by atoms with E-state index in [-0.39, 0.29) is 7.58 Å². The first kappa shape index (κ1) is 15.3. The van der Waals surface area contributed by atoms with Crippen LogP contribution in [0, 0.1) is 11.8 Å². The number of hydrogen-bond acceptors (Lipinski definition) is 2. The summed E-state index contributed by atoms with van der Waals surface area (Å²) in [6.45, 7) is 8.40. The number of piperidine rings is 1. The van der Waals surface area contributed by atoms with E-state index in [1.807, 2.05) is 0 Å². The Labute approximate surface area is 113 Å². The molecule has 2 aliphatic heterocycles. The van der Waals surface area contributed by atoms with Crippen molar-refractivity contribution in [1.29, 1.82) is 0 Å². The van der Waals surface area contributed by atoms with Gasteiger partial charge >= 0.3 is 6.03 Å². The van der Waals surface area contributed by atoms with Crippen molar-refractivity contribution in [3.8, 4) is 0 Å². The van der Waals surface area contributed by atoms with Crippen LogP contribution < -0.4 is 6.15 Å². The van der Waals surface area contributed by atoms with Gasteiger partial charge in [-0.25, -0.2) is 4.79 Å². The monoisotopic (exact) mass is 257 g/mol. The number of hydrogen-bond donors (Lipinski definition) is 1. The molecule has 18 heavy (non-hydrogen) atoms. The van der Waals surface area contributed by atoms with E-state index in [1.54, 1.807) is 0 Å². The average Bonchev–Trinajstić information content (AvgIpc) is 2.51. The highest BCUT2D eigenvalue weighted by Crippen LogP contribution is 2.22. The summed E-state index contributed by atoms with van der Waals surface area (Å²) in [4.78, 5) is 16.6. The van der Waals surface area contributed by atoms with E-state index < -0.39 is 0 Å². The van der Waals surface area contributed by atoms with Crippen LogP contribution in [0.5, 0.6) is 0 Å². The van der Waals surface area contributed by atoms with E-state index >= 15 is 0 Å². The Balaban J connectivity index is 0.00000162. The molecule has 0 aromatic carbocycles. The number of likely N-dealkylation sites (tertiary alicyclic amines) is 2. The summed E-state index contributed by atoms with van der Waals surface area (Å²) in [5, 5.41) is 0. The molecule has 0 spiro atoms. The van der Waals surface area contributed by atoms with Crippen molar-refractivity contribution in [2.45, 2.75) is 46.0 Å². The second kappa shape index (κ2) is 6.98. The molecule has 2 heterocycles. The Morgan fingerprint density at radius 2 is 1.44 bits per heavy atom. The Morgan fingerprint density at radius 3 is 1.94 bits per heavy atom. The molecule has 2 rings (SSSR count). The van der Waals surface area contributed by atoms with Crippen molar-refractivity contribution < 1.29 is 6.22 Å². The minimum Gasteiger partial charge on any atom is -0.344 e. The van der Waals surface area contributed by atoms with Crippen molar-refractivity contribution in [2.24, 2.45) is 11.8 Å². The third kappa shape index (κ3) is 3.87. The Bertz CT molecular complexity index is 257. The van der Waals surface area contributed by atoms with Gasteiger partial charge in [-0.05, 0) is 43.9 Å². The fraction of sp³-hybridized carbons (Fsp3) is 0.929. The molecule has 0 radical (unpaired) electrons. The minimum absolute atomic E-state index is 0. The van der Waals surface area contributed by atoms with Crippen LogP contribution >= 0.6 is 0 Å². The fourth-order valence-electron chi connectivity index (χ4n) is 3.02. The third-order valence-corrected chi connectivity index (χ3v) is 4.11. The van der Waals surface area contributed by atoms with Crippen molar-refractivity contribution >= 4 is 6.03 Å². The van der Waals surface area contributed by atoms with Crippen molar-refractivity contribution in [3.05, 3.63) is 0 Å². The normalized spacial score (nSPS) is 29.4. The SMILES string of the molecule is CC1CCC(C)CN(C(=O)N2CCCCC2)C1.N.[HH]. The van der Waals surface area contributed by atoms with E-state index in [1.165, 1.54) is 32.1 Å². The molecule has 2 amide bonds. The first-order valence-corrected chi connectivity index (χ1v) is 7.20. The molecule has 0 saturated carbocycles. The number of carbonyl (C=O) groups is 1. The Hall–Kier alpha value is -0.770. The molecule has 0 aliphatic carbocycles. The second-order valence-electron chi connectivity index (χ2n) is 6.02. The van der Waals surface area contributed by atoms with Crippen LogP contribution in [0.3, 0.4) is 0 Å². The molecule has 108 valence electrons. The van der Waals surface area contributed by atoms with Gasteiger partial charge in [-0.15, -0.1) is 0 Å². The maximum absolute atomic E-state index is 12.4. The number of rotatable bonds is 0. The summed E-state index contributed by atoms with van der Waals surface area (Å²) < 4.78 is 0. The number of nitrogens with zero attached hydrogens (tertiary/aromatic N) is 2. The van der Waals surface area contributed by atoms with E-state index in [4.69, 9.17) is 0 Å². The summed E-state index contributed by atoms with van der Waals surface area (Å²) in [5.41, 5.74) is 0. The number of urea groups is 1. The molecule has 2 atom stereocenters. The van der Waals surface area contributed by atoms with Gasteiger partial charge in [0.15, 0.2) is 0 Å². The highest BCUT2D eigenvalue weighted by Gasteiger charge is 2.27. The van der Waals surface area contributed by atoms with E-state index in [0.29, 0.717) is 17.9 Å². The Morgan fingerprint density at radius 1 is 0.944 bits per heavy atom. The van der Waals surface area contributed by atoms with Gasteiger partial charge in [0.25, 0.3) is 0 Å². The van der Waals surface area contributed by atoms with Gasteiger partial charge in [-0.1, -0.05) is 13.8 Å². The number of amides is 2. The first-order valence-electron chi connectivity index (χ1n) is 7.20. The molecule has 3 N–H and O–H groups in total. The Kier molecular flexibility index (Phi) is 5.93. The molecule has 2 unspecified atom stereocenters. The average molecular weight is 257 g/mol. The van der Waals surface area contributed by atoms with Gasteiger partial charge in [-0.3, -0.25) is 0 Å². The maximum atomic E-state index is 12.4. The molecule has 2 aliphatic rings. The largest absolute Gasteiger partial charge is 0.344 e. The summed E-state index contributed by atoms with van der Waals surface area (Å²) in [6, 6.07) is 0.297. The smallest absolute Gasteiger partial charge is 0.320 e. The lowest BCUT2D eigenvalue weighted by atomic mass is 10.0. The van der Waals surface area contributed by atoms with Gasteiger partial charge in [0, 0.05) is 27.6 Å². The van der Waals surface area contributed by atoms with Crippen molar-refractivity contribution in [3.63, 3.8) is 0 Å². The van der Waals surface area contributed by atoms with E-state index in [0.717, 1.165) is 26.2 Å². The predicted molar refractivity (Wildman–Crippen MR) is 77.1 cm³/mol. The van der Waals surface area contributed by atoms with Gasteiger partial charge in [0.05, 0.1) is 0 Å². The predicted octanol–water partition coefficient (Wildman–Crippen LogP) is 3.37. The third-order valence-electron chi connectivity index (χ3n) is 4.11. The zero-order valence-electron chi connectivity index (χ0n) is 12.0. The zero-order valence-corrected chi connectivity index (χ0v) is 12.0.